The van der Waals surface area contributed by atoms with E-state index in [1.54, 1.807) is 6.07 Å². The van der Waals surface area contributed by atoms with Gasteiger partial charge in [0.2, 0.25) is 0 Å². The molecule has 0 atom stereocenters. The first-order chi connectivity index (χ1) is 6.85. The summed E-state index contributed by atoms with van der Waals surface area (Å²) in [5.41, 5.74) is 0.819. The normalized spacial score (nSPS) is 9.36. The molecule has 0 aliphatic carbocycles. The molecule has 0 fully saturated rings. The Labute approximate surface area is 83.8 Å². The van der Waals surface area contributed by atoms with Crippen molar-refractivity contribution < 1.29 is 19.7 Å². The molecule has 0 saturated carbocycles. The first-order valence-corrected chi connectivity index (χ1v) is 4.68. The molecule has 3 N–H and O–H groups in total. The summed E-state index contributed by atoms with van der Waals surface area (Å²) in [6.07, 6.45) is 5.62. The van der Waals surface area contributed by atoms with E-state index in [-0.39, 0.29) is 19.8 Å². The molecule has 0 bridgehead atoms. The third-order valence-corrected chi connectivity index (χ3v) is 1.58. The van der Waals surface area contributed by atoms with Gasteiger partial charge in [-0.15, -0.1) is 0 Å². The van der Waals surface area contributed by atoms with Crippen LogP contribution in [0.2, 0.25) is 0 Å². The molecule has 82 valence electrons. The summed E-state index contributed by atoms with van der Waals surface area (Å²) in [7, 11) is 0. The largest absolute Gasteiger partial charge is 0.472 e. The van der Waals surface area contributed by atoms with Crippen LogP contribution in [0.1, 0.15) is 24.8 Å². The average Bonchev–Trinajstić information content (AvgIpc) is 2.72. The third-order valence-electron chi connectivity index (χ3n) is 1.58. The lowest BCUT2D eigenvalue weighted by atomic mass is 10.2. The van der Waals surface area contributed by atoms with Crippen molar-refractivity contribution >= 4 is 0 Å². The Morgan fingerprint density at radius 3 is 1.93 bits per heavy atom. The van der Waals surface area contributed by atoms with E-state index < -0.39 is 0 Å². The summed E-state index contributed by atoms with van der Waals surface area (Å²) in [6.45, 7) is 0.566. The van der Waals surface area contributed by atoms with Gasteiger partial charge in [-0.3, -0.25) is 0 Å². The zero-order valence-corrected chi connectivity index (χ0v) is 8.22. The number of aliphatic hydroxyl groups is 3. The second kappa shape index (κ2) is 10.2. The van der Waals surface area contributed by atoms with Gasteiger partial charge < -0.3 is 19.7 Å². The van der Waals surface area contributed by atoms with Gasteiger partial charge in [0.05, 0.1) is 19.1 Å². The molecule has 1 aromatic rings. The van der Waals surface area contributed by atoms with Crippen LogP contribution in [0.3, 0.4) is 0 Å². The molecular formula is C10H18O4. The van der Waals surface area contributed by atoms with Gasteiger partial charge in [0.25, 0.3) is 0 Å². The Morgan fingerprint density at radius 1 is 1.00 bits per heavy atom. The van der Waals surface area contributed by atoms with Crippen LogP contribution in [0.25, 0.3) is 0 Å². The third kappa shape index (κ3) is 7.79. The van der Waals surface area contributed by atoms with Crippen molar-refractivity contribution in [3.05, 3.63) is 24.2 Å². The van der Waals surface area contributed by atoms with Crippen molar-refractivity contribution in [3.63, 3.8) is 0 Å². The molecule has 0 amide bonds. The fraction of sp³-hybridized carbons (Fsp3) is 0.600. The van der Waals surface area contributed by atoms with Crippen LogP contribution < -0.4 is 0 Å². The van der Waals surface area contributed by atoms with E-state index in [4.69, 9.17) is 15.3 Å². The van der Waals surface area contributed by atoms with Crippen LogP contribution in [0, 0.1) is 0 Å². The molecule has 14 heavy (non-hydrogen) atoms. The SMILES string of the molecule is OCCCCCO.OCc1ccoc1. The van der Waals surface area contributed by atoms with Crippen LogP contribution in [0.5, 0.6) is 0 Å². The number of unbranched alkanes of at least 4 members (excludes halogenated alkanes) is 2. The minimum Gasteiger partial charge on any atom is -0.472 e. The highest BCUT2D eigenvalue weighted by Crippen LogP contribution is 1.96. The van der Waals surface area contributed by atoms with Gasteiger partial charge in [0, 0.05) is 18.8 Å². The lowest BCUT2D eigenvalue weighted by Gasteiger charge is -1.90. The fourth-order valence-electron chi connectivity index (χ4n) is 0.783. The quantitative estimate of drug-likeness (QED) is 0.620. The highest BCUT2D eigenvalue weighted by Gasteiger charge is 1.85. The maximum Gasteiger partial charge on any atom is 0.0957 e. The second-order valence-corrected chi connectivity index (χ2v) is 2.80. The van der Waals surface area contributed by atoms with E-state index in [1.807, 2.05) is 0 Å². The summed E-state index contributed by atoms with van der Waals surface area (Å²) in [6, 6.07) is 1.72. The molecule has 0 radical (unpaired) electrons. The zero-order chi connectivity index (χ0) is 10.6. The molecule has 0 aliphatic rings. The summed E-state index contributed by atoms with van der Waals surface area (Å²) >= 11 is 0. The number of furan rings is 1. The van der Waals surface area contributed by atoms with Crippen LogP contribution >= 0.6 is 0 Å². The molecule has 1 rings (SSSR count). The smallest absolute Gasteiger partial charge is 0.0957 e. The van der Waals surface area contributed by atoms with E-state index in [9.17, 15) is 0 Å². The molecule has 0 aromatic carbocycles. The average molecular weight is 202 g/mol. The van der Waals surface area contributed by atoms with Crippen LogP contribution in [-0.2, 0) is 6.61 Å². The van der Waals surface area contributed by atoms with Crippen molar-refractivity contribution in [3.8, 4) is 0 Å². The highest BCUT2D eigenvalue weighted by molar-refractivity contribution is 5.02. The number of rotatable bonds is 5. The predicted octanol–water partition coefficient (Wildman–Crippen LogP) is 0.913. The van der Waals surface area contributed by atoms with Gasteiger partial charge in [-0.2, -0.15) is 0 Å². The van der Waals surface area contributed by atoms with Gasteiger partial charge in [-0.25, -0.2) is 0 Å². The van der Waals surface area contributed by atoms with Crippen molar-refractivity contribution in [1.82, 2.24) is 0 Å². The van der Waals surface area contributed by atoms with Gasteiger partial charge in [-0.1, -0.05) is 0 Å². The van der Waals surface area contributed by atoms with Gasteiger partial charge in [0.15, 0.2) is 0 Å². The second-order valence-electron chi connectivity index (χ2n) is 2.80. The first-order valence-electron chi connectivity index (χ1n) is 4.68. The molecule has 0 saturated heterocycles. The van der Waals surface area contributed by atoms with E-state index in [2.05, 4.69) is 4.42 Å². The standard InChI is InChI=1S/C5H6O2.C5H12O2/c6-3-5-1-2-7-4-5;6-4-2-1-3-5-7/h1-2,4,6H,3H2;6-7H,1-5H2. The lowest BCUT2D eigenvalue weighted by Crippen LogP contribution is -1.85. The first kappa shape index (κ1) is 13.2. The Hall–Kier alpha value is -0.840. The Morgan fingerprint density at radius 2 is 1.64 bits per heavy atom. The Bertz CT molecular complexity index is 180. The van der Waals surface area contributed by atoms with Crippen molar-refractivity contribution in [2.24, 2.45) is 0 Å². The molecular weight excluding hydrogens is 184 g/mol. The monoisotopic (exact) mass is 202 g/mol. The number of aliphatic hydroxyl groups excluding tert-OH is 3. The van der Waals surface area contributed by atoms with Crippen LogP contribution in [0.4, 0.5) is 0 Å². The molecule has 0 spiro atoms. The van der Waals surface area contributed by atoms with Gasteiger partial charge >= 0.3 is 0 Å². The van der Waals surface area contributed by atoms with Crippen molar-refractivity contribution in [2.75, 3.05) is 13.2 Å². The molecule has 0 unspecified atom stereocenters. The zero-order valence-electron chi connectivity index (χ0n) is 8.22. The molecule has 1 aromatic heterocycles. The van der Waals surface area contributed by atoms with Crippen LogP contribution in [0.15, 0.2) is 23.0 Å². The summed E-state index contributed by atoms with van der Waals surface area (Å²) in [5.74, 6) is 0. The van der Waals surface area contributed by atoms with E-state index in [1.165, 1.54) is 12.5 Å². The minimum absolute atomic E-state index is 0.0660. The molecule has 0 aliphatic heterocycles. The van der Waals surface area contributed by atoms with Crippen LogP contribution in [-0.4, -0.2) is 28.5 Å². The Kier molecular flexibility index (Phi) is 9.63. The van der Waals surface area contributed by atoms with Crippen molar-refractivity contribution in [2.45, 2.75) is 25.9 Å². The van der Waals surface area contributed by atoms with E-state index >= 15 is 0 Å². The molecule has 4 nitrogen and oxygen atoms in total. The van der Waals surface area contributed by atoms with E-state index in [0.29, 0.717) is 0 Å². The van der Waals surface area contributed by atoms with E-state index in [0.717, 1.165) is 24.8 Å². The fourth-order valence-corrected chi connectivity index (χ4v) is 0.783. The minimum atomic E-state index is 0.0660. The number of hydrogen-bond donors (Lipinski definition) is 3. The Balaban J connectivity index is 0.000000241. The summed E-state index contributed by atoms with van der Waals surface area (Å²) in [4.78, 5) is 0. The topological polar surface area (TPSA) is 73.8 Å². The maximum absolute atomic E-state index is 8.37. The number of hydrogen-bond acceptors (Lipinski definition) is 4. The maximum atomic E-state index is 8.37. The lowest BCUT2D eigenvalue weighted by molar-refractivity contribution is 0.257. The summed E-state index contributed by atoms with van der Waals surface area (Å²) < 4.78 is 4.65. The highest BCUT2D eigenvalue weighted by atomic mass is 16.3. The molecule has 1 heterocycles. The van der Waals surface area contributed by atoms with Gasteiger partial charge in [-0.05, 0) is 25.3 Å². The summed E-state index contributed by atoms with van der Waals surface area (Å²) in [5, 5.41) is 24.8. The predicted molar refractivity (Wildman–Crippen MR) is 52.7 cm³/mol. The molecule has 4 heteroatoms. The van der Waals surface area contributed by atoms with Gasteiger partial charge in [0.1, 0.15) is 0 Å². The van der Waals surface area contributed by atoms with Crippen molar-refractivity contribution in [1.29, 1.82) is 0 Å².